The summed E-state index contributed by atoms with van der Waals surface area (Å²) in [6.45, 7) is 0.691. The minimum absolute atomic E-state index is 0.0506. The van der Waals surface area contributed by atoms with Crippen molar-refractivity contribution < 1.29 is 9.59 Å². The van der Waals surface area contributed by atoms with Crippen LogP contribution in [0.15, 0.2) is 66.7 Å². The van der Waals surface area contributed by atoms with Gasteiger partial charge in [-0.25, -0.2) is 0 Å². The molecule has 2 aromatic rings. The van der Waals surface area contributed by atoms with Gasteiger partial charge in [0.1, 0.15) is 0 Å². The second kappa shape index (κ2) is 9.26. The molecule has 2 amide bonds. The minimum atomic E-state index is -0.459. The Labute approximate surface area is 178 Å². The van der Waals surface area contributed by atoms with Crippen LogP contribution in [0.1, 0.15) is 30.4 Å². The number of aryl methyl sites for hydroxylation is 1. The molecule has 0 aromatic heterocycles. The van der Waals surface area contributed by atoms with E-state index in [-0.39, 0.29) is 17.9 Å². The molecule has 0 saturated heterocycles. The number of hydrogen-bond donors (Lipinski definition) is 2. The summed E-state index contributed by atoms with van der Waals surface area (Å²) in [4.78, 5) is 27.2. The molecule has 5 nitrogen and oxygen atoms in total. The van der Waals surface area contributed by atoms with Gasteiger partial charge in [-0.3, -0.25) is 9.59 Å². The van der Waals surface area contributed by atoms with Crippen LogP contribution >= 0.6 is 0 Å². The Kier molecular flexibility index (Phi) is 6.29. The van der Waals surface area contributed by atoms with Crippen molar-refractivity contribution in [3.8, 4) is 0 Å². The number of para-hydroxylation sites is 1. The number of benzene rings is 2. The molecule has 0 spiro atoms. The highest BCUT2D eigenvalue weighted by Gasteiger charge is 2.33. The van der Waals surface area contributed by atoms with Gasteiger partial charge in [-0.1, -0.05) is 54.6 Å². The van der Waals surface area contributed by atoms with Crippen LogP contribution < -0.4 is 16.0 Å². The number of nitrogens with zero attached hydrogens (tertiary/aromatic N) is 1. The molecule has 0 bridgehead atoms. The van der Waals surface area contributed by atoms with Crippen LogP contribution in [-0.4, -0.2) is 30.4 Å². The number of rotatable bonds is 8. The van der Waals surface area contributed by atoms with Crippen LogP contribution in [0, 0.1) is 5.92 Å². The van der Waals surface area contributed by atoms with Gasteiger partial charge in [0.15, 0.2) is 0 Å². The fourth-order valence-corrected chi connectivity index (χ4v) is 3.99. The Hall–Kier alpha value is -2.92. The summed E-state index contributed by atoms with van der Waals surface area (Å²) < 4.78 is 0. The topological polar surface area (TPSA) is 75.4 Å². The van der Waals surface area contributed by atoms with Gasteiger partial charge < -0.3 is 16.0 Å². The molecule has 0 unspecified atom stereocenters. The van der Waals surface area contributed by atoms with Gasteiger partial charge in [-0.15, -0.1) is 0 Å². The number of hydrogen-bond acceptors (Lipinski definition) is 3. The SMILES string of the molecule is N[C@H](C(=O)N[C@H](C=CC(=O)N1CCc2ccccc21)CCc1ccccc1)C1CC1. The first-order valence-corrected chi connectivity index (χ1v) is 10.8. The molecule has 1 saturated carbocycles. The van der Waals surface area contributed by atoms with Crippen LogP contribution in [-0.2, 0) is 22.4 Å². The zero-order chi connectivity index (χ0) is 20.9. The predicted octanol–water partition coefficient (Wildman–Crippen LogP) is 2.99. The van der Waals surface area contributed by atoms with Crippen LogP contribution in [0.5, 0.6) is 0 Å². The van der Waals surface area contributed by atoms with E-state index in [0.29, 0.717) is 18.9 Å². The van der Waals surface area contributed by atoms with Crippen molar-refractivity contribution >= 4 is 17.5 Å². The molecule has 0 radical (unpaired) electrons. The Morgan fingerprint density at radius 2 is 1.83 bits per heavy atom. The minimum Gasteiger partial charge on any atom is -0.349 e. The summed E-state index contributed by atoms with van der Waals surface area (Å²) in [5.74, 6) is 0.121. The highest BCUT2D eigenvalue weighted by atomic mass is 16.2. The molecule has 2 aromatic carbocycles. The fourth-order valence-electron chi connectivity index (χ4n) is 3.99. The summed E-state index contributed by atoms with van der Waals surface area (Å²) in [6.07, 6.45) is 7.87. The summed E-state index contributed by atoms with van der Waals surface area (Å²) in [6, 6.07) is 17.5. The molecular weight excluding hydrogens is 374 g/mol. The second-order valence-corrected chi connectivity index (χ2v) is 8.23. The van der Waals surface area contributed by atoms with Crippen LogP contribution in [0.3, 0.4) is 0 Å². The lowest BCUT2D eigenvalue weighted by Gasteiger charge is -2.19. The molecule has 1 fully saturated rings. The van der Waals surface area contributed by atoms with E-state index in [1.165, 1.54) is 11.1 Å². The van der Waals surface area contributed by atoms with Gasteiger partial charge in [0, 0.05) is 24.4 Å². The maximum atomic E-state index is 12.8. The van der Waals surface area contributed by atoms with Gasteiger partial charge in [0.2, 0.25) is 5.91 Å². The fraction of sp³-hybridized carbons (Fsp3) is 0.360. The lowest BCUT2D eigenvalue weighted by atomic mass is 10.0. The van der Waals surface area contributed by atoms with Crippen molar-refractivity contribution in [3.05, 3.63) is 77.9 Å². The van der Waals surface area contributed by atoms with Gasteiger partial charge in [0.05, 0.1) is 6.04 Å². The third kappa shape index (κ3) is 4.97. The molecule has 5 heteroatoms. The van der Waals surface area contributed by atoms with Crippen LogP contribution in [0.25, 0.3) is 0 Å². The number of carbonyl (C=O) groups excluding carboxylic acids is 2. The zero-order valence-electron chi connectivity index (χ0n) is 17.2. The monoisotopic (exact) mass is 403 g/mol. The molecular formula is C25H29N3O2. The molecule has 156 valence electrons. The van der Waals surface area contributed by atoms with E-state index in [2.05, 4.69) is 23.5 Å². The Morgan fingerprint density at radius 3 is 2.60 bits per heavy atom. The van der Waals surface area contributed by atoms with Crippen molar-refractivity contribution in [3.63, 3.8) is 0 Å². The van der Waals surface area contributed by atoms with Gasteiger partial charge >= 0.3 is 0 Å². The Bertz CT molecular complexity index is 921. The summed E-state index contributed by atoms with van der Waals surface area (Å²) >= 11 is 0. The van der Waals surface area contributed by atoms with E-state index in [0.717, 1.165) is 31.4 Å². The van der Waals surface area contributed by atoms with E-state index in [9.17, 15) is 9.59 Å². The van der Waals surface area contributed by atoms with E-state index >= 15 is 0 Å². The maximum Gasteiger partial charge on any atom is 0.250 e. The highest BCUT2D eigenvalue weighted by Crippen LogP contribution is 2.31. The molecule has 2 atom stereocenters. The number of carbonyl (C=O) groups is 2. The first-order valence-electron chi connectivity index (χ1n) is 10.8. The second-order valence-electron chi connectivity index (χ2n) is 8.23. The molecule has 1 heterocycles. The van der Waals surface area contributed by atoms with E-state index in [1.807, 2.05) is 42.5 Å². The first-order chi connectivity index (χ1) is 14.6. The van der Waals surface area contributed by atoms with Crippen molar-refractivity contribution in [1.82, 2.24) is 5.32 Å². The third-order valence-corrected chi connectivity index (χ3v) is 5.97. The lowest BCUT2D eigenvalue weighted by Crippen LogP contribution is -2.46. The molecule has 30 heavy (non-hydrogen) atoms. The molecule has 3 N–H and O–H groups in total. The van der Waals surface area contributed by atoms with Gasteiger partial charge in [-0.2, -0.15) is 0 Å². The number of amides is 2. The average Bonchev–Trinajstić information content (AvgIpc) is 3.54. The quantitative estimate of drug-likeness (QED) is 0.666. The number of anilines is 1. The van der Waals surface area contributed by atoms with Crippen LogP contribution in [0.4, 0.5) is 5.69 Å². The van der Waals surface area contributed by atoms with Crippen molar-refractivity contribution in [2.75, 3.05) is 11.4 Å². The standard InChI is InChI=1S/C25H29N3O2/c26-24(20-11-12-20)25(30)27-21(13-10-18-6-2-1-3-7-18)14-15-23(29)28-17-16-19-8-4-5-9-22(19)28/h1-9,14-15,20-21,24H,10-13,16-17,26H2,(H,27,30)/t21-,24-/m0/s1. The average molecular weight is 404 g/mol. The maximum absolute atomic E-state index is 12.8. The van der Waals surface area contributed by atoms with Crippen molar-refractivity contribution in [1.29, 1.82) is 0 Å². The van der Waals surface area contributed by atoms with Crippen molar-refractivity contribution in [2.45, 2.75) is 44.2 Å². The first kappa shape index (κ1) is 20.4. The van der Waals surface area contributed by atoms with E-state index in [1.54, 1.807) is 11.0 Å². The zero-order valence-corrected chi connectivity index (χ0v) is 17.2. The summed E-state index contributed by atoms with van der Waals surface area (Å²) in [7, 11) is 0. The largest absolute Gasteiger partial charge is 0.349 e. The lowest BCUT2D eigenvalue weighted by molar-refractivity contribution is -0.123. The highest BCUT2D eigenvalue weighted by molar-refractivity contribution is 6.03. The third-order valence-electron chi connectivity index (χ3n) is 5.97. The normalized spacial score (nSPS) is 17.6. The summed E-state index contributed by atoms with van der Waals surface area (Å²) in [5.41, 5.74) is 9.46. The number of fused-ring (bicyclic) bond motifs is 1. The smallest absolute Gasteiger partial charge is 0.250 e. The van der Waals surface area contributed by atoms with Crippen LogP contribution in [0.2, 0.25) is 0 Å². The molecule has 1 aliphatic heterocycles. The predicted molar refractivity (Wildman–Crippen MR) is 119 cm³/mol. The molecule has 4 rings (SSSR count). The van der Waals surface area contributed by atoms with Gasteiger partial charge in [0.25, 0.3) is 5.91 Å². The van der Waals surface area contributed by atoms with Crippen molar-refractivity contribution in [2.24, 2.45) is 11.7 Å². The number of nitrogens with one attached hydrogen (secondary N) is 1. The number of nitrogens with two attached hydrogens (primary N) is 1. The Balaban J connectivity index is 1.42. The van der Waals surface area contributed by atoms with E-state index < -0.39 is 6.04 Å². The molecule has 2 aliphatic rings. The van der Waals surface area contributed by atoms with E-state index in [4.69, 9.17) is 5.73 Å². The summed E-state index contributed by atoms with van der Waals surface area (Å²) in [5, 5.41) is 3.05. The van der Waals surface area contributed by atoms with Gasteiger partial charge in [-0.05, 0) is 55.2 Å². The Morgan fingerprint density at radius 1 is 1.10 bits per heavy atom. The molecule has 1 aliphatic carbocycles.